The van der Waals surface area contributed by atoms with Crippen molar-refractivity contribution in [1.29, 1.82) is 0 Å². The monoisotopic (exact) mass is 473 g/mol. The summed E-state index contributed by atoms with van der Waals surface area (Å²) in [6.07, 6.45) is 9.93. The van der Waals surface area contributed by atoms with E-state index in [9.17, 15) is 4.79 Å². The average Bonchev–Trinajstić information content (AvgIpc) is 3.60. The average molecular weight is 474 g/mol. The Hall–Kier alpha value is -3.49. The second-order valence-electron chi connectivity index (χ2n) is 9.98. The van der Waals surface area contributed by atoms with E-state index >= 15 is 0 Å². The van der Waals surface area contributed by atoms with Crippen molar-refractivity contribution in [2.75, 3.05) is 13.1 Å². The summed E-state index contributed by atoms with van der Waals surface area (Å²) in [7, 11) is 0. The Labute approximate surface area is 204 Å². The number of aryl methyl sites for hydroxylation is 1. The second-order valence-corrected chi connectivity index (χ2v) is 9.98. The Balaban J connectivity index is 1.35. The molecule has 0 saturated carbocycles. The molecule has 0 spiro atoms. The first kappa shape index (κ1) is 22.0. The molecule has 1 saturated heterocycles. The first-order valence-corrected chi connectivity index (χ1v) is 12.7. The van der Waals surface area contributed by atoms with Crippen LogP contribution in [0.2, 0.25) is 0 Å². The fourth-order valence-electron chi connectivity index (χ4n) is 5.48. The van der Waals surface area contributed by atoms with Gasteiger partial charge in [-0.05, 0) is 57.7 Å². The molecular formula is C26H31N7O2. The minimum absolute atomic E-state index is 0.00816. The zero-order valence-electron chi connectivity index (χ0n) is 20.4. The third-order valence-electron chi connectivity index (χ3n) is 7.27. The Bertz CT molecular complexity index is 1350. The van der Waals surface area contributed by atoms with Crippen LogP contribution in [0.1, 0.15) is 79.9 Å². The number of amides is 1. The molecule has 0 N–H and O–H groups in total. The summed E-state index contributed by atoms with van der Waals surface area (Å²) < 4.78 is 9.80. The number of fused-ring (bicyclic) bond motifs is 2. The molecule has 0 bridgehead atoms. The molecule has 6 rings (SSSR count). The predicted molar refractivity (Wildman–Crippen MR) is 131 cm³/mol. The van der Waals surface area contributed by atoms with Gasteiger partial charge < -0.3 is 13.9 Å². The number of rotatable bonds is 4. The van der Waals surface area contributed by atoms with Crippen molar-refractivity contribution < 1.29 is 9.21 Å². The maximum Gasteiger partial charge on any atom is 0.254 e. The minimum Gasteiger partial charge on any atom is -0.463 e. The van der Waals surface area contributed by atoms with E-state index in [4.69, 9.17) is 9.40 Å². The van der Waals surface area contributed by atoms with Gasteiger partial charge in [0.15, 0.2) is 11.4 Å². The fraction of sp³-hybridized carbons (Fsp3) is 0.500. The van der Waals surface area contributed by atoms with Crippen molar-refractivity contribution in [3.8, 4) is 11.5 Å². The largest absolute Gasteiger partial charge is 0.463 e. The molecule has 4 aromatic rings. The number of hydrogen-bond donors (Lipinski definition) is 0. The maximum atomic E-state index is 14.0. The molecule has 0 aliphatic carbocycles. The van der Waals surface area contributed by atoms with E-state index in [0.29, 0.717) is 29.2 Å². The lowest BCUT2D eigenvalue weighted by molar-refractivity contribution is 0.0705. The summed E-state index contributed by atoms with van der Waals surface area (Å²) in [5.74, 6) is 2.99. The van der Waals surface area contributed by atoms with E-state index in [0.717, 1.165) is 55.8 Å². The number of hydrogen-bond acceptors (Lipinski definition) is 6. The van der Waals surface area contributed by atoms with Gasteiger partial charge in [0.05, 0.1) is 23.4 Å². The van der Waals surface area contributed by atoms with Gasteiger partial charge in [0.1, 0.15) is 17.3 Å². The van der Waals surface area contributed by atoms with Gasteiger partial charge in [-0.15, -0.1) is 10.2 Å². The number of furan rings is 1. The van der Waals surface area contributed by atoms with Gasteiger partial charge in [-0.25, -0.2) is 9.67 Å². The van der Waals surface area contributed by atoms with E-state index in [-0.39, 0.29) is 17.9 Å². The van der Waals surface area contributed by atoms with Crippen molar-refractivity contribution in [3.05, 3.63) is 47.9 Å². The van der Waals surface area contributed by atoms with Crippen LogP contribution in [-0.2, 0) is 13.0 Å². The van der Waals surface area contributed by atoms with Gasteiger partial charge in [-0.3, -0.25) is 4.79 Å². The molecule has 1 unspecified atom stereocenters. The molecule has 0 radical (unpaired) electrons. The van der Waals surface area contributed by atoms with E-state index < -0.39 is 0 Å². The lowest BCUT2D eigenvalue weighted by atomic mass is 9.96. The molecule has 2 aliphatic heterocycles. The summed E-state index contributed by atoms with van der Waals surface area (Å²) in [6.45, 7) is 6.48. The number of carbonyl (C=O) groups is 1. The Morgan fingerprint density at radius 2 is 2.06 bits per heavy atom. The number of piperidine rings is 1. The highest BCUT2D eigenvalue weighted by Crippen LogP contribution is 2.31. The van der Waals surface area contributed by atoms with Gasteiger partial charge in [-0.2, -0.15) is 5.10 Å². The maximum absolute atomic E-state index is 14.0. The molecule has 4 aromatic heterocycles. The molecule has 1 fully saturated rings. The molecule has 35 heavy (non-hydrogen) atoms. The fourth-order valence-corrected chi connectivity index (χ4v) is 5.48. The van der Waals surface area contributed by atoms with Gasteiger partial charge in [0, 0.05) is 38.0 Å². The highest BCUT2D eigenvalue weighted by Gasteiger charge is 2.31. The van der Waals surface area contributed by atoms with E-state index in [1.807, 2.05) is 27.8 Å². The third-order valence-corrected chi connectivity index (χ3v) is 7.27. The number of carbonyl (C=O) groups excluding carboxylic acids is 1. The number of aromatic nitrogens is 6. The minimum atomic E-state index is 0.00816. The molecule has 9 nitrogen and oxygen atoms in total. The summed E-state index contributed by atoms with van der Waals surface area (Å²) in [5, 5.41) is 14.4. The third kappa shape index (κ3) is 3.92. The first-order valence-electron chi connectivity index (χ1n) is 12.7. The smallest absolute Gasteiger partial charge is 0.254 e. The molecule has 1 amide bonds. The van der Waals surface area contributed by atoms with Crippen LogP contribution < -0.4 is 0 Å². The molecular weight excluding hydrogens is 442 g/mol. The van der Waals surface area contributed by atoms with E-state index in [1.54, 1.807) is 12.5 Å². The van der Waals surface area contributed by atoms with Gasteiger partial charge in [-0.1, -0.05) is 6.42 Å². The standard InChI is InChI=1S/C26H31N7O2/c1-17(2)33-25-20(15-27-33)19(14-21(28-25)22-9-7-13-35-22)26(34)31-11-6-8-18(16-31)24-30-29-23-10-4-3-5-12-32(23)24/h7,9,13-15,17-18H,3-6,8,10-12,16H2,1-2H3. The number of likely N-dealkylation sites (tertiary alicyclic amines) is 1. The normalized spacial score (nSPS) is 18.7. The van der Waals surface area contributed by atoms with Gasteiger partial charge >= 0.3 is 0 Å². The zero-order chi connectivity index (χ0) is 23.9. The number of nitrogens with zero attached hydrogens (tertiary/aromatic N) is 7. The van der Waals surface area contributed by atoms with Crippen molar-refractivity contribution in [3.63, 3.8) is 0 Å². The van der Waals surface area contributed by atoms with Crippen LogP contribution in [-0.4, -0.2) is 53.4 Å². The molecule has 2 aliphatic rings. The summed E-state index contributed by atoms with van der Waals surface area (Å²) in [4.78, 5) is 20.7. The first-order chi connectivity index (χ1) is 17.1. The molecule has 182 valence electrons. The van der Waals surface area contributed by atoms with Gasteiger partial charge in [0.25, 0.3) is 5.91 Å². The lowest BCUT2D eigenvalue weighted by Gasteiger charge is -2.32. The van der Waals surface area contributed by atoms with Crippen molar-refractivity contribution in [2.45, 2.75) is 70.9 Å². The zero-order valence-corrected chi connectivity index (χ0v) is 20.4. The highest BCUT2D eigenvalue weighted by atomic mass is 16.3. The van der Waals surface area contributed by atoms with Crippen LogP contribution in [0.25, 0.3) is 22.5 Å². The molecule has 6 heterocycles. The topological polar surface area (TPSA) is 94.9 Å². The lowest BCUT2D eigenvalue weighted by Crippen LogP contribution is -2.40. The van der Waals surface area contributed by atoms with Crippen molar-refractivity contribution in [1.82, 2.24) is 34.4 Å². The predicted octanol–water partition coefficient (Wildman–Crippen LogP) is 4.61. The Kier molecular flexibility index (Phi) is 5.62. The van der Waals surface area contributed by atoms with Gasteiger partial charge in [0.2, 0.25) is 0 Å². The molecule has 1 atom stereocenters. The van der Waals surface area contributed by atoms with Crippen LogP contribution in [0, 0.1) is 0 Å². The number of pyridine rings is 1. The van der Waals surface area contributed by atoms with Crippen LogP contribution in [0.4, 0.5) is 0 Å². The van der Waals surface area contributed by atoms with E-state index in [2.05, 4.69) is 33.7 Å². The molecule has 9 heteroatoms. The van der Waals surface area contributed by atoms with Crippen LogP contribution in [0.5, 0.6) is 0 Å². The van der Waals surface area contributed by atoms with Crippen molar-refractivity contribution in [2.24, 2.45) is 0 Å². The summed E-state index contributed by atoms with van der Waals surface area (Å²) >= 11 is 0. The second kappa shape index (κ2) is 8.94. The summed E-state index contributed by atoms with van der Waals surface area (Å²) in [6, 6.07) is 5.67. The van der Waals surface area contributed by atoms with Crippen LogP contribution >= 0.6 is 0 Å². The summed E-state index contributed by atoms with van der Waals surface area (Å²) in [5.41, 5.74) is 1.96. The Morgan fingerprint density at radius 1 is 1.14 bits per heavy atom. The quantitative estimate of drug-likeness (QED) is 0.430. The van der Waals surface area contributed by atoms with Crippen molar-refractivity contribution >= 4 is 16.9 Å². The molecule has 0 aromatic carbocycles. The Morgan fingerprint density at radius 3 is 2.89 bits per heavy atom. The van der Waals surface area contributed by atoms with Crippen LogP contribution in [0.3, 0.4) is 0 Å². The SMILES string of the molecule is CC(C)n1ncc2c(C(=O)N3CCCC(c4nnc5n4CCCCC5)C3)cc(-c3ccco3)nc21. The van der Waals surface area contributed by atoms with Crippen LogP contribution in [0.15, 0.2) is 35.1 Å². The van der Waals surface area contributed by atoms with E-state index in [1.165, 1.54) is 12.8 Å². The highest BCUT2D eigenvalue weighted by molar-refractivity contribution is 6.06.